The van der Waals surface area contributed by atoms with Crippen LogP contribution < -0.4 is 9.64 Å². The molecule has 31 heavy (non-hydrogen) atoms. The number of hydrogen-bond donors (Lipinski definition) is 0. The third-order valence-corrected chi connectivity index (χ3v) is 6.20. The van der Waals surface area contributed by atoms with Gasteiger partial charge < -0.3 is 4.74 Å². The largest absolute Gasteiger partial charge is 0.484 e. The highest BCUT2D eigenvalue weighted by Gasteiger charge is 2.21. The fraction of sp³-hybridized carbons (Fsp3) is 0.231. The average molecular weight is 431 g/mol. The summed E-state index contributed by atoms with van der Waals surface area (Å²) in [6, 6.07) is 24.0. The molecule has 0 aliphatic carbocycles. The van der Waals surface area contributed by atoms with Crippen LogP contribution in [0.4, 0.5) is 5.13 Å². The topological polar surface area (TPSA) is 42.4 Å². The van der Waals surface area contributed by atoms with Crippen LogP contribution in [0.25, 0.3) is 10.2 Å². The number of carbonyl (C=O) groups is 1. The maximum atomic E-state index is 13.2. The van der Waals surface area contributed by atoms with E-state index in [1.165, 1.54) is 22.5 Å². The summed E-state index contributed by atoms with van der Waals surface area (Å²) >= 11 is 1.53. The van der Waals surface area contributed by atoms with Crippen LogP contribution >= 0.6 is 11.3 Å². The Morgan fingerprint density at radius 2 is 1.77 bits per heavy atom. The third kappa shape index (κ3) is 5.12. The van der Waals surface area contributed by atoms with Crippen molar-refractivity contribution in [1.29, 1.82) is 0 Å². The molecule has 4 aromatic rings. The van der Waals surface area contributed by atoms with Gasteiger partial charge in [0.1, 0.15) is 5.75 Å². The molecule has 0 fully saturated rings. The molecule has 0 saturated heterocycles. The van der Waals surface area contributed by atoms with Crippen LogP contribution in [0.1, 0.15) is 36.5 Å². The van der Waals surface area contributed by atoms with Gasteiger partial charge in [-0.25, -0.2) is 4.98 Å². The molecule has 5 heteroatoms. The molecule has 1 heterocycles. The van der Waals surface area contributed by atoms with Gasteiger partial charge in [0, 0.05) is 0 Å². The smallest absolute Gasteiger partial charge is 0.267 e. The summed E-state index contributed by atoms with van der Waals surface area (Å²) in [7, 11) is 0. The van der Waals surface area contributed by atoms with E-state index in [2.05, 4.69) is 26.8 Å². The van der Waals surface area contributed by atoms with Gasteiger partial charge in [-0.1, -0.05) is 73.7 Å². The summed E-state index contributed by atoms with van der Waals surface area (Å²) in [5.41, 5.74) is 4.38. The van der Waals surface area contributed by atoms with Gasteiger partial charge in [0.25, 0.3) is 5.91 Å². The highest BCUT2D eigenvalue weighted by atomic mass is 32.1. The van der Waals surface area contributed by atoms with Crippen LogP contribution in [0, 0.1) is 6.92 Å². The highest BCUT2D eigenvalue weighted by Crippen LogP contribution is 2.30. The molecule has 0 N–H and O–H groups in total. The van der Waals surface area contributed by atoms with Crippen molar-refractivity contribution in [3.63, 3.8) is 0 Å². The molecule has 0 aliphatic rings. The van der Waals surface area contributed by atoms with Crippen LogP contribution in [0.2, 0.25) is 0 Å². The molecular weight excluding hydrogens is 404 g/mol. The van der Waals surface area contributed by atoms with Crippen molar-refractivity contribution in [3.05, 3.63) is 89.5 Å². The molecule has 4 nitrogen and oxygen atoms in total. The molecule has 0 spiro atoms. The van der Waals surface area contributed by atoms with E-state index in [0.29, 0.717) is 23.3 Å². The van der Waals surface area contributed by atoms with Crippen LogP contribution in [-0.2, 0) is 11.3 Å². The fourth-order valence-corrected chi connectivity index (χ4v) is 4.42. The van der Waals surface area contributed by atoms with Crippen molar-refractivity contribution < 1.29 is 9.53 Å². The molecule has 0 radical (unpaired) electrons. The summed E-state index contributed by atoms with van der Waals surface area (Å²) in [5, 5.41) is 0.688. The Kier molecular flexibility index (Phi) is 6.33. The number of benzene rings is 3. The second-order valence-electron chi connectivity index (χ2n) is 7.95. The van der Waals surface area contributed by atoms with E-state index in [9.17, 15) is 4.79 Å². The highest BCUT2D eigenvalue weighted by molar-refractivity contribution is 7.22. The number of amides is 1. The van der Waals surface area contributed by atoms with E-state index < -0.39 is 0 Å². The van der Waals surface area contributed by atoms with Crippen molar-refractivity contribution in [2.75, 3.05) is 11.5 Å². The Balaban J connectivity index is 1.56. The Hall–Kier alpha value is -3.18. The first-order valence-corrected chi connectivity index (χ1v) is 11.3. The Bertz CT molecular complexity index is 1170. The number of nitrogens with zero attached hydrogens (tertiary/aromatic N) is 2. The van der Waals surface area contributed by atoms with E-state index in [-0.39, 0.29) is 12.5 Å². The Morgan fingerprint density at radius 1 is 1.03 bits per heavy atom. The van der Waals surface area contributed by atoms with Crippen LogP contribution in [0.3, 0.4) is 0 Å². The molecule has 0 aliphatic heterocycles. The van der Waals surface area contributed by atoms with Gasteiger partial charge in [-0.2, -0.15) is 0 Å². The second-order valence-corrected chi connectivity index (χ2v) is 8.95. The lowest BCUT2D eigenvalue weighted by atomic mass is 10.0. The van der Waals surface area contributed by atoms with Gasteiger partial charge in [-0.3, -0.25) is 9.69 Å². The fourth-order valence-electron chi connectivity index (χ4n) is 3.34. The maximum Gasteiger partial charge on any atom is 0.267 e. The molecule has 1 amide bonds. The molecule has 1 aromatic heterocycles. The monoisotopic (exact) mass is 430 g/mol. The standard InChI is InChI=1S/C26H26N2O2S/c1-18(2)21-10-12-22(13-11-21)30-17-25(29)28(16-20-7-5-4-6-8-20)26-27-23-14-9-19(3)15-24(23)31-26/h4-15,18H,16-17H2,1-3H3. The number of fused-ring (bicyclic) bond motifs is 1. The number of rotatable bonds is 7. The summed E-state index contributed by atoms with van der Waals surface area (Å²) in [6.07, 6.45) is 0. The molecule has 158 valence electrons. The molecular formula is C26H26N2O2S. The average Bonchev–Trinajstić information content (AvgIpc) is 3.19. The normalized spacial score (nSPS) is 11.1. The zero-order valence-electron chi connectivity index (χ0n) is 18.0. The first-order chi connectivity index (χ1) is 15.0. The number of ether oxygens (including phenoxy) is 1. The van der Waals surface area contributed by atoms with Gasteiger partial charge in [-0.15, -0.1) is 0 Å². The first-order valence-electron chi connectivity index (χ1n) is 10.4. The van der Waals surface area contributed by atoms with Crippen LogP contribution in [0.5, 0.6) is 5.75 Å². The lowest BCUT2D eigenvalue weighted by Crippen LogP contribution is -2.34. The number of anilines is 1. The number of thiazole rings is 1. The van der Waals surface area contributed by atoms with E-state index in [1.54, 1.807) is 4.90 Å². The molecule has 0 bridgehead atoms. The van der Waals surface area contributed by atoms with Gasteiger partial charge >= 0.3 is 0 Å². The lowest BCUT2D eigenvalue weighted by molar-refractivity contribution is -0.120. The van der Waals surface area contributed by atoms with E-state index in [1.807, 2.05) is 66.7 Å². The molecule has 0 atom stereocenters. The zero-order valence-corrected chi connectivity index (χ0v) is 18.9. The van der Waals surface area contributed by atoms with Crippen molar-refractivity contribution in [1.82, 2.24) is 4.98 Å². The van der Waals surface area contributed by atoms with Crippen molar-refractivity contribution >= 4 is 32.6 Å². The second kappa shape index (κ2) is 9.31. The summed E-state index contributed by atoms with van der Waals surface area (Å²) in [6.45, 7) is 6.78. The minimum absolute atomic E-state index is 0.0389. The van der Waals surface area contributed by atoms with Gasteiger partial charge in [0.15, 0.2) is 11.7 Å². The van der Waals surface area contributed by atoms with Crippen molar-refractivity contribution in [2.24, 2.45) is 0 Å². The minimum atomic E-state index is -0.118. The van der Waals surface area contributed by atoms with E-state index >= 15 is 0 Å². The zero-order chi connectivity index (χ0) is 21.8. The van der Waals surface area contributed by atoms with Gasteiger partial charge in [0.05, 0.1) is 16.8 Å². The molecule has 0 saturated carbocycles. The van der Waals surface area contributed by atoms with Crippen molar-refractivity contribution in [3.8, 4) is 5.75 Å². The number of aromatic nitrogens is 1. The Morgan fingerprint density at radius 3 is 2.48 bits per heavy atom. The molecule has 4 rings (SSSR count). The predicted octanol–water partition coefficient (Wildman–Crippen LogP) is 6.34. The van der Waals surface area contributed by atoms with Crippen LogP contribution in [-0.4, -0.2) is 17.5 Å². The Labute approximate surface area is 187 Å². The molecule has 3 aromatic carbocycles. The predicted molar refractivity (Wildman–Crippen MR) is 128 cm³/mol. The molecule has 0 unspecified atom stereocenters. The SMILES string of the molecule is Cc1ccc2nc(N(Cc3ccccc3)C(=O)COc3ccc(C(C)C)cc3)sc2c1. The third-order valence-electron chi connectivity index (χ3n) is 5.16. The van der Waals surface area contributed by atoms with Crippen LogP contribution in [0.15, 0.2) is 72.8 Å². The first kappa shape index (κ1) is 21.1. The number of aryl methyl sites for hydroxylation is 1. The van der Waals surface area contributed by atoms with Gasteiger partial charge in [0.2, 0.25) is 0 Å². The van der Waals surface area contributed by atoms with E-state index in [4.69, 9.17) is 9.72 Å². The minimum Gasteiger partial charge on any atom is -0.484 e. The summed E-state index contributed by atoms with van der Waals surface area (Å²) < 4.78 is 6.90. The number of hydrogen-bond acceptors (Lipinski definition) is 4. The van der Waals surface area contributed by atoms with Gasteiger partial charge in [-0.05, 0) is 53.8 Å². The lowest BCUT2D eigenvalue weighted by Gasteiger charge is -2.20. The summed E-state index contributed by atoms with van der Waals surface area (Å²) in [5.74, 6) is 1.03. The number of carbonyl (C=O) groups excluding carboxylic acids is 1. The van der Waals surface area contributed by atoms with Crippen molar-refractivity contribution in [2.45, 2.75) is 33.2 Å². The maximum absolute atomic E-state index is 13.2. The van der Waals surface area contributed by atoms with E-state index in [0.717, 1.165) is 15.8 Å². The quantitative estimate of drug-likeness (QED) is 0.343. The summed E-state index contributed by atoms with van der Waals surface area (Å²) in [4.78, 5) is 19.7.